The van der Waals surface area contributed by atoms with Gasteiger partial charge >= 0.3 is 0 Å². The van der Waals surface area contributed by atoms with E-state index in [-0.39, 0.29) is 5.41 Å². The van der Waals surface area contributed by atoms with Gasteiger partial charge in [0.2, 0.25) is 0 Å². The van der Waals surface area contributed by atoms with Gasteiger partial charge < -0.3 is 14.0 Å². The number of para-hydroxylation sites is 4. The average molecular weight is 718 g/mol. The zero-order valence-corrected chi connectivity index (χ0v) is 31.4. The predicted molar refractivity (Wildman–Crippen MR) is 235 cm³/mol. The number of hydrogen-bond acceptors (Lipinski definition) is 1. The first-order valence-corrected chi connectivity index (χ1v) is 19.5. The molecule has 0 aliphatic carbocycles. The van der Waals surface area contributed by atoms with Crippen molar-refractivity contribution >= 4 is 49.8 Å². The van der Waals surface area contributed by atoms with Crippen molar-refractivity contribution in [3.05, 3.63) is 211 Å². The van der Waals surface area contributed by atoms with Crippen LogP contribution in [-0.4, -0.2) is 9.13 Å². The van der Waals surface area contributed by atoms with Gasteiger partial charge in [-0.15, -0.1) is 0 Å². The van der Waals surface area contributed by atoms with Crippen LogP contribution >= 0.6 is 0 Å². The summed E-state index contributed by atoms with van der Waals surface area (Å²) >= 11 is 0. The molecule has 1 aliphatic heterocycles. The molecule has 56 heavy (non-hydrogen) atoms. The maximum atomic E-state index is 2.51. The second-order valence-corrected chi connectivity index (χ2v) is 15.4. The van der Waals surface area contributed by atoms with Gasteiger partial charge in [0.25, 0.3) is 0 Å². The van der Waals surface area contributed by atoms with E-state index in [9.17, 15) is 0 Å². The van der Waals surface area contributed by atoms with Gasteiger partial charge in [-0.25, -0.2) is 0 Å². The van der Waals surface area contributed by atoms with Gasteiger partial charge in [0.15, 0.2) is 0 Å². The third kappa shape index (κ3) is 4.71. The summed E-state index contributed by atoms with van der Waals surface area (Å²) in [6.45, 7) is 4.69. The summed E-state index contributed by atoms with van der Waals surface area (Å²) in [6.07, 6.45) is 0. The Morgan fingerprint density at radius 2 is 0.893 bits per heavy atom. The van der Waals surface area contributed by atoms with Crippen LogP contribution in [0.4, 0.5) is 17.1 Å². The summed E-state index contributed by atoms with van der Waals surface area (Å²) in [5, 5.41) is 3.67. The van der Waals surface area contributed by atoms with Crippen LogP contribution in [0.5, 0.6) is 0 Å². The number of fused-ring (bicyclic) bond motifs is 7. The third-order valence-electron chi connectivity index (χ3n) is 11.9. The Balaban J connectivity index is 1.27. The van der Waals surface area contributed by atoms with Crippen LogP contribution in [0, 0.1) is 0 Å². The zero-order valence-electron chi connectivity index (χ0n) is 31.4. The minimum atomic E-state index is -0.129. The standard InChI is InChI=1S/C53H39N3/c1-53(2)44-28-13-16-31-47(44)54(48-32-17-14-29-45(48)53)39-25-18-26-40(35-39)55-46-30-15-12-27-41(46)42-33-34-43-49(36-19-6-3-7-20-36)50(37-21-8-4-9-22-37)56(52(43)51(42)55)38-23-10-5-11-24-38/h3-35H,1-2H3. The molecule has 0 saturated heterocycles. The second kappa shape index (κ2) is 12.5. The molecule has 1 aliphatic rings. The second-order valence-electron chi connectivity index (χ2n) is 15.4. The molecule has 0 saturated carbocycles. The number of benzene rings is 8. The summed E-state index contributed by atoms with van der Waals surface area (Å²) in [5.74, 6) is 0. The maximum absolute atomic E-state index is 2.51. The summed E-state index contributed by atoms with van der Waals surface area (Å²) in [5.41, 5.74) is 16.7. The highest BCUT2D eigenvalue weighted by atomic mass is 15.2. The molecule has 0 amide bonds. The van der Waals surface area contributed by atoms with Crippen molar-refractivity contribution in [2.24, 2.45) is 0 Å². The third-order valence-corrected chi connectivity index (χ3v) is 11.9. The van der Waals surface area contributed by atoms with Gasteiger partial charge in [0.05, 0.1) is 33.6 Å². The SMILES string of the molecule is CC1(C)c2ccccc2N(c2cccc(-n3c4ccccc4c4ccc5c(-c6ccccc6)c(-c6ccccc6)n(-c6ccccc6)c5c43)c2)c2ccccc21. The fourth-order valence-electron chi connectivity index (χ4n) is 9.41. The van der Waals surface area contributed by atoms with E-state index in [0.717, 1.165) is 17.1 Å². The molecule has 0 atom stereocenters. The molecule has 0 unspecified atom stereocenters. The quantitative estimate of drug-likeness (QED) is 0.173. The van der Waals surface area contributed by atoms with Crippen molar-refractivity contribution in [1.29, 1.82) is 0 Å². The van der Waals surface area contributed by atoms with E-state index in [0.29, 0.717) is 0 Å². The minimum Gasteiger partial charge on any atom is -0.310 e. The van der Waals surface area contributed by atoms with E-state index in [1.54, 1.807) is 0 Å². The Hall–Kier alpha value is -7.10. The van der Waals surface area contributed by atoms with Crippen LogP contribution in [0.15, 0.2) is 200 Å². The first-order valence-electron chi connectivity index (χ1n) is 19.5. The maximum Gasteiger partial charge on any atom is 0.0789 e. The monoisotopic (exact) mass is 717 g/mol. The normalized spacial score (nSPS) is 13.3. The highest BCUT2D eigenvalue weighted by Gasteiger charge is 2.36. The molecule has 0 radical (unpaired) electrons. The molecule has 3 nitrogen and oxygen atoms in total. The molecule has 0 bridgehead atoms. The average Bonchev–Trinajstić information content (AvgIpc) is 3.79. The van der Waals surface area contributed by atoms with Gasteiger partial charge in [-0.2, -0.15) is 0 Å². The van der Waals surface area contributed by atoms with E-state index in [2.05, 4.69) is 228 Å². The van der Waals surface area contributed by atoms with Crippen LogP contribution in [0.3, 0.4) is 0 Å². The van der Waals surface area contributed by atoms with Crippen LogP contribution in [0.25, 0.3) is 66.5 Å². The summed E-state index contributed by atoms with van der Waals surface area (Å²) in [6, 6.07) is 73.1. The van der Waals surface area contributed by atoms with Crippen molar-refractivity contribution in [2.75, 3.05) is 4.90 Å². The Kier molecular flexibility index (Phi) is 7.20. The highest BCUT2D eigenvalue weighted by Crippen LogP contribution is 2.52. The smallest absolute Gasteiger partial charge is 0.0789 e. The molecule has 0 fully saturated rings. The van der Waals surface area contributed by atoms with Crippen LogP contribution in [0.2, 0.25) is 0 Å². The molecule has 3 heterocycles. The molecule has 266 valence electrons. The number of anilines is 3. The van der Waals surface area contributed by atoms with E-state index in [4.69, 9.17) is 0 Å². The molecule has 3 heteroatoms. The molecular weight excluding hydrogens is 679 g/mol. The predicted octanol–water partition coefficient (Wildman–Crippen LogP) is 14.2. The fraction of sp³-hybridized carbons (Fsp3) is 0.0566. The van der Waals surface area contributed by atoms with Gasteiger partial charge in [0, 0.05) is 44.2 Å². The Labute approximate surface area is 327 Å². The molecule has 10 aromatic rings. The number of hydrogen-bond donors (Lipinski definition) is 0. The lowest BCUT2D eigenvalue weighted by molar-refractivity contribution is 0.632. The van der Waals surface area contributed by atoms with Gasteiger partial charge in [-0.05, 0) is 70.8 Å². The lowest BCUT2D eigenvalue weighted by Gasteiger charge is -2.42. The van der Waals surface area contributed by atoms with E-state index in [1.165, 1.54) is 77.6 Å². The van der Waals surface area contributed by atoms with Crippen molar-refractivity contribution in [1.82, 2.24) is 9.13 Å². The first-order chi connectivity index (χ1) is 27.6. The minimum absolute atomic E-state index is 0.129. The number of rotatable bonds is 5. The van der Waals surface area contributed by atoms with E-state index < -0.39 is 0 Å². The first kappa shape index (κ1) is 32.3. The molecule has 0 N–H and O–H groups in total. The zero-order chi connectivity index (χ0) is 37.4. The van der Waals surface area contributed by atoms with Crippen molar-refractivity contribution in [3.63, 3.8) is 0 Å². The molecule has 8 aromatic carbocycles. The molecule has 11 rings (SSSR count). The van der Waals surface area contributed by atoms with Crippen LogP contribution < -0.4 is 4.90 Å². The van der Waals surface area contributed by atoms with Crippen molar-refractivity contribution in [2.45, 2.75) is 19.3 Å². The molecule has 0 spiro atoms. The van der Waals surface area contributed by atoms with Crippen LogP contribution in [-0.2, 0) is 5.41 Å². The van der Waals surface area contributed by atoms with Gasteiger partial charge in [0.1, 0.15) is 0 Å². The van der Waals surface area contributed by atoms with Gasteiger partial charge in [-0.3, -0.25) is 0 Å². The lowest BCUT2D eigenvalue weighted by Crippen LogP contribution is -2.30. The van der Waals surface area contributed by atoms with Crippen molar-refractivity contribution in [3.8, 4) is 33.8 Å². The van der Waals surface area contributed by atoms with E-state index in [1.807, 2.05) is 0 Å². The Morgan fingerprint density at radius 1 is 0.375 bits per heavy atom. The summed E-state index contributed by atoms with van der Waals surface area (Å²) in [7, 11) is 0. The largest absolute Gasteiger partial charge is 0.310 e. The topological polar surface area (TPSA) is 13.1 Å². The lowest BCUT2D eigenvalue weighted by atomic mass is 9.73. The molecular formula is C53H39N3. The molecule has 2 aromatic heterocycles. The fourth-order valence-corrected chi connectivity index (χ4v) is 9.41. The summed E-state index contributed by atoms with van der Waals surface area (Å²) in [4.78, 5) is 2.45. The Morgan fingerprint density at radius 3 is 1.59 bits per heavy atom. The number of nitrogens with zero attached hydrogens (tertiary/aromatic N) is 3. The van der Waals surface area contributed by atoms with E-state index >= 15 is 0 Å². The highest BCUT2D eigenvalue weighted by molar-refractivity contribution is 6.22. The summed E-state index contributed by atoms with van der Waals surface area (Å²) < 4.78 is 5.01. The van der Waals surface area contributed by atoms with Crippen LogP contribution in [0.1, 0.15) is 25.0 Å². The number of aromatic nitrogens is 2. The van der Waals surface area contributed by atoms with Crippen molar-refractivity contribution < 1.29 is 0 Å². The van der Waals surface area contributed by atoms with Gasteiger partial charge in [-0.1, -0.05) is 166 Å². The Bertz CT molecular complexity index is 3050.